The molecule has 0 atom stereocenters. The molecule has 1 aliphatic rings. The molecule has 10 aromatic carbocycles. The van der Waals surface area contributed by atoms with E-state index < -0.39 is 0 Å². The van der Waals surface area contributed by atoms with Crippen LogP contribution in [0.2, 0.25) is 0 Å². The number of aromatic nitrogens is 1. The van der Waals surface area contributed by atoms with E-state index in [1.165, 1.54) is 55.2 Å². The van der Waals surface area contributed by atoms with Crippen LogP contribution < -0.4 is 9.80 Å². The molecule has 1 aromatic heterocycles. The van der Waals surface area contributed by atoms with Gasteiger partial charge in [-0.2, -0.15) is 0 Å². The van der Waals surface area contributed by atoms with Crippen LogP contribution in [0.3, 0.4) is 0 Å². The Morgan fingerprint density at radius 3 is 1.52 bits per heavy atom. The van der Waals surface area contributed by atoms with E-state index in [2.05, 4.69) is 277 Å². The Hall–Kier alpha value is -8.40. The van der Waals surface area contributed by atoms with Gasteiger partial charge in [-0.1, -0.05) is 172 Å². The summed E-state index contributed by atoms with van der Waals surface area (Å²) in [7, 11) is 0. The summed E-state index contributed by atoms with van der Waals surface area (Å²) in [6, 6.07) is 90.6. The Morgan fingerprint density at radius 1 is 0.303 bits per heavy atom. The first-order valence-corrected chi connectivity index (χ1v) is 22.8. The molecule has 3 nitrogen and oxygen atoms in total. The molecule has 0 saturated heterocycles. The third-order valence-electron chi connectivity index (χ3n) is 13.5. The lowest BCUT2D eigenvalue weighted by Crippen LogP contribution is -2.15. The van der Waals surface area contributed by atoms with Crippen LogP contribution in [0.15, 0.2) is 249 Å². The number of hydrogen-bond donors (Lipinski definition) is 0. The van der Waals surface area contributed by atoms with Crippen LogP contribution in [-0.4, -0.2) is 4.57 Å². The van der Waals surface area contributed by atoms with Crippen molar-refractivity contribution in [1.29, 1.82) is 0 Å². The van der Waals surface area contributed by atoms with Crippen LogP contribution in [0, 0.1) is 0 Å². The molecular weight excluding hydrogens is 799 g/mol. The zero-order valence-electron chi connectivity index (χ0n) is 37.0. The fourth-order valence-electron chi connectivity index (χ4n) is 10.4. The van der Waals surface area contributed by atoms with E-state index in [-0.39, 0.29) is 5.41 Å². The van der Waals surface area contributed by atoms with E-state index in [0.717, 1.165) is 50.9 Å². The molecule has 0 fully saturated rings. The van der Waals surface area contributed by atoms with Crippen molar-refractivity contribution in [3.8, 4) is 39.1 Å². The molecule has 1 heterocycles. The van der Waals surface area contributed by atoms with Gasteiger partial charge in [0.1, 0.15) is 0 Å². The Bertz CT molecular complexity index is 3570. The average molecular weight is 846 g/mol. The van der Waals surface area contributed by atoms with Gasteiger partial charge in [0.2, 0.25) is 0 Å². The van der Waals surface area contributed by atoms with Crippen LogP contribution in [0.4, 0.5) is 34.1 Å². The molecule has 0 bridgehead atoms. The first-order valence-electron chi connectivity index (χ1n) is 22.8. The number of para-hydroxylation sites is 3. The van der Waals surface area contributed by atoms with Crippen molar-refractivity contribution in [3.05, 3.63) is 260 Å². The number of benzene rings is 10. The molecule has 0 N–H and O–H groups in total. The van der Waals surface area contributed by atoms with Crippen LogP contribution in [0.1, 0.15) is 25.0 Å². The van der Waals surface area contributed by atoms with Gasteiger partial charge in [0.05, 0.1) is 11.0 Å². The van der Waals surface area contributed by atoms with Crippen molar-refractivity contribution in [3.63, 3.8) is 0 Å². The summed E-state index contributed by atoms with van der Waals surface area (Å²) < 4.78 is 2.39. The number of rotatable bonds is 9. The first-order chi connectivity index (χ1) is 32.5. The summed E-state index contributed by atoms with van der Waals surface area (Å²) in [5.74, 6) is 0. The Labute approximate surface area is 386 Å². The molecule has 0 aliphatic heterocycles. The molecule has 314 valence electrons. The van der Waals surface area contributed by atoms with Crippen molar-refractivity contribution in [1.82, 2.24) is 4.57 Å². The number of hydrogen-bond acceptors (Lipinski definition) is 2. The highest BCUT2D eigenvalue weighted by Gasteiger charge is 2.35. The maximum atomic E-state index is 2.42. The van der Waals surface area contributed by atoms with Crippen LogP contribution in [0.5, 0.6) is 0 Å². The standard InChI is InChI=1S/C63H47N3/c1-63(2)59-33-14-12-31-55(59)58-43-54(36-38-60(58)63)65(51-28-16-21-45(39-51)44-19-6-3-7-20-44)53-30-18-29-52(42-53)64(48-23-8-4-9-24-48)50-27-17-22-46(40-50)47-35-37-57-56-32-13-15-34-61(56)66(62(57)41-47)49-25-10-5-11-26-49/h3-43H,1-2H3. The zero-order chi connectivity index (χ0) is 44.2. The molecule has 66 heavy (non-hydrogen) atoms. The van der Waals surface area contributed by atoms with E-state index in [9.17, 15) is 0 Å². The van der Waals surface area contributed by atoms with E-state index >= 15 is 0 Å². The third-order valence-corrected chi connectivity index (χ3v) is 13.5. The van der Waals surface area contributed by atoms with Gasteiger partial charge >= 0.3 is 0 Å². The molecule has 1 aliphatic carbocycles. The molecule has 0 unspecified atom stereocenters. The number of nitrogens with zero attached hydrogens (tertiary/aromatic N) is 3. The van der Waals surface area contributed by atoms with Crippen molar-refractivity contribution in [2.75, 3.05) is 9.80 Å². The first kappa shape index (κ1) is 39.2. The second kappa shape index (κ2) is 16.0. The van der Waals surface area contributed by atoms with Crippen molar-refractivity contribution >= 4 is 55.9 Å². The zero-order valence-corrected chi connectivity index (χ0v) is 37.0. The fourth-order valence-corrected chi connectivity index (χ4v) is 10.4. The Kier molecular flexibility index (Phi) is 9.50. The Morgan fingerprint density at radius 2 is 0.788 bits per heavy atom. The topological polar surface area (TPSA) is 11.4 Å². The number of anilines is 6. The monoisotopic (exact) mass is 845 g/mol. The number of fused-ring (bicyclic) bond motifs is 6. The highest BCUT2D eigenvalue weighted by atomic mass is 15.2. The normalized spacial score (nSPS) is 12.5. The van der Waals surface area contributed by atoms with Gasteiger partial charge in [-0.3, -0.25) is 0 Å². The van der Waals surface area contributed by atoms with Gasteiger partial charge in [-0.15, -0.1) is 0 Å². The summed E-state index contributed by atoms with van der Waals surface area (Å²) in [6.07, 6.45) is 0. The lowest BCUT2D eigenvalue weighted by atomic mass is 9.82. The molecular formula is C63H47N3. The highest BCUT2D eigenvalue weighted by molar-refractivity contribution is 6.10. The van der Waals surface area contributed by atoms with Gasteiger partial charge in [0, 0.05) is 56.0 Å². The van der Waals surface area contributed by atoms with Gasteiger partial charge < -0.3 is 14.4 Å². The molecule has 0 spiro atoms. The van der Waals surface area contributed by atoms with E-state index in [0.29, 0.717) is 0 Å². The Balaban J connectivity index is 1.00. The van der Waals surface area contributed by atoms with Crippen LogP contribution in [0.25, 0.3) is 60.9 Å². The minimum Gasteiger partial charge on any atom is -0.310 e. The molecule has 0 amide bonds. The van der Waals surface area contributed by atoms with Gasteiger partial charge in [-0.25, -0.2) is 0 Å². The second-order valence-corrected chi connectivity index (χ2v) is 17.8. The van der Waals surface area contributed by atoms with E-state index in [4.69, 9.17) is 0 Å². The van der Waals surface area contributed by atoms with Crippen molar-refractivity contribution < 1.29 is 0 Å². The maximum Gasteiger partial charge on any atom is 0.0547 e. The van der Waals surface area contributed by atoms with Crippen LogP contribution in [-0.2, 0) is 5.41 Å². The third kappa shape index (κ3) is 6.67. The van der Waals surface area contributed by atoms with E-state index in [1.807, 2.05) is 0 Å². The van der Waals surface area contributed by atoms with Gasteiger partial charge in [0.15, 0.2) is 0 Å². The molecule has 0 radical (unpaired) electrons. The minimum absolute atomic E-state index is 0.0841. The second-order valence-electron chi connectivity index (χ2n) is 17.8. The van der Waals surface area contributed by atoms with Gasteiger partial charge in [-0.05, 0) is 136 Å². The largest absolute Gasteiger partial charge is 0.310 e. The quantitative estimate of drug-likeness (QED) is 0.143. The summed E-state index contributed by atoms with van der Waals surface area (Å²) >= 11 is 0. The average Bonchev–Trinajstić information content (AvgIpc) is 3.83. The SMILES string of the molecule is CC1(C)c2ccccc2-c2cc(N(c3cccc(-c4ccccc4)c3)c3cccc(N(c4ccccc4)c4cccc(-c5ccc6c7ccccc7n(-c7ccccc7)c6c5)c4)c3)ccc21. The lowest BCUT2D eigenvalue weighted by molar-refractivity contribution is 0.660. The lowest BCUT2D eigenvalue weighted by Gasteiger charge is -2.30. The maximum absolute atomic E-state index is 2.42. The predicted molar refractivity (Wildman–Crippen MR) is 279 cm³/mol. The molecule has 12 rings (SSSR count). The van der Waals surface area contributed by atoms with Crippen molar-refractivity contribution in [2.45, 2.75) is 19.3 Å². The summed E-state index contributed by atoms with van der Waals surface area (Å²) in [5.41, 5.74) is 20.0. The van der Waals surface area contributed by atoms with Crippen molar-refractivity contribution in [2.24, 2.45) is 0 Å². The summed E-state index contributed by atoms with van der Waals surface area (Å²) in [4.78, 5) is 4.80. The molecule has 0 saturated carbocycles. The molecule has 11 aromatic rings. The molecule has 3 heteroatoms. The van der Waals surface area contributed by atoms with Gasteiger partial charge in [0.25, 0.3) is 0 Å². The fraction of sp³-hybridized carbons (Fsp3) is 0.0476. The summed E-state index contributed by atoms with van der Waals surface area (Å²) in [5, 5.41) is 2.49. The smallest absolute Gasteiger partial charge is 0.0547 e. The van der Waals surface area contributed by atoms with E-state index in [1.54, 1.807) is 0 Å². The minimum atomic E-state index is -0.0841. The predicted octanol–water partition coefficient (Wildman–Crippen LogP) is 17.4. The van der Waals surface area contributed by atoms with Crippen LogP contribution >= 0.6 is 0 Å². The summed E-state index contributed by atoms with van der Waals surface area (Å²) in [6.45, 7) is 4.69. The highest BCUT2D eigenvalue weighted by Crippen LogP contribution is 2.51.